The zero-order valence-electron chi connectivity index (χ0n) is 14.6. The van der Waals surface area contributed by atoms with E-state index in [-0.39, 0.29) is 17.3 Å². The van der Waals surface area contributed by atoms with Gasteiger partial charge in [0.2, 0.25) is 15.9 Å². The molecule has 1 atom stereocenters. The van der Waals surface area contributed by atoms with Gasteiger partial charge in [0.25, 0.3) is 0 Å². The van der Waals surface area contributed by atoms with Gasteiger partial charge in [-0.1, -0.05) is 17.7 Å². The van der Waals surface area contributed by atoms with E-state index in [4.69, 9.17) is 0 Å². The smallest absolute Gasteiger partial charge is 0.243 e. The first-order valence-corrected chi connectivity index (χ1v) is 10.1. The van der Waals surface area contributed by atoms with Crippen LogP contribution in [0.2, 0.25) is 0 Å². The van der Waals surface area contributed by atoms with E-state index in [2.05, 4.69) is 25.3 Å². The van der Waals surface area contributed by atoms with Gasteiger partial charge in [0.1, 0.15) is 6.04 Å². The molecule has 1 unspecified atom stereocenters. The van der Waals surface area contributed by atoms with Gasteiger partial charge in [-0.15, -0.1) is 0 Å². The number of nitrogens with zero attached hydrogens (tertiary/aromatic N) is 1. The fourth-order valence-electron chi connectivity index (χ4n) is 2.84. The van der Waals surface area contributed by atoms with Crippen LogP contribution in [0.5, 0.6) is 0 Å². The molecule has 1 aromatic carbocycles. The Kier molecular flexibility index (Phi) is 5.70. The molecule has 0 radical (unpaired) electrons. The molecule has 2 aromatic rings. The predicted molar refractivity (Wildman–Crippen MR) is 97.0 cm³/mol. The van der Waals surface area contributed by atoms with E-state index >= 15 is 0 Å². The molecule has 1 aliphatic rings. The molecule has 0 spiro atoms. The van der Waals surface area contributed by atoms with Crippen LogP contribution < -0.4 is 15.4 Å². The van der Waals surface area contributed by atoms with Gasteiger partial charge in [0.05, 0.1) is 16.9 Å². The van der Waals surface area contributed by atoms with Gasteiger partial charge >= 0.3 is 0 Å². The first-order chi connectivity index (χ1) is 12.5. The topological polar surface area (TPSA) is 116 Å². The van der Waals surface area contributed by atoms with Crippen LogP contribution in [0.25, 0.3) is 0 Å². The fourth-order valence-corrected chi connectivity index (χ4v) is 3.92. The third-order valence-corrected chi connectivity index (χ3v) is 5.76. The lowest BCUT2D eigenvalue weighted by molar-refractivity contribution is -0.123. The number of imidazole rings is 1. The summed E-state index contributed by atoms with van der Waals surface area (Å²) in [7, 11) is -3.52. The van der Waals surface area contributed by atoms with Crippen LogP contribution in [-0.4, -0.2) is 43.9 Å². The van der Waals surface area contributed by atoms with E-state index in [1.165, 1.54) is 0 Å². The molecule has 0 saturated heterocycles. The quantitative estimate of drug-likeness (QED) is 0.521. The number of aromatic nitrogens is 2. The maximum atomic E-state index is 12.3. The summed E-state index contributed by atoms with van der Waals surface area (Å²) in [5, 5.41) is 5.97. The molecule has 1 amide bonds. The Labute approximate surface area is 152 Å². The van der Waals surface area contributed by atoms with Crippen LogP contribution in [0.1, 0.15) is 29.4 Å². The molecule has 0 aliphatic carbocycles. The lowest BCUT2D eigenvalue weighted by atomic mass is 10.1. The Morgan fingerprint density at radius 3 is 2.81 bits per heavy atom. The summed E-state index contributed by atoms with van der Waals surface area (Å²) in [5.74, 6) is -0.153. The van der Waals surface area contributed by atoms with Crippen LogP contribution in [0.3, 0.4) is 0 Å². The molecular formula is C17H23N5O3S. The zero-order chi connectivity index (χ0) is 18.6. The summed E-state index contributed by atoms with van der Waals surface area (Å²) in [6.45, 7) is 3.25. The molecule has 1 aliphatic heterocycles. The average Bonchev–Trinajstić information content (AvgIpc) is 3.10. The van der Waals surface area contributed by atoms with Crippen LogP contribution >= 0.6 is 0 Å². The molecule has 3 rings (SSSR count). The average molecular weight is 377 g/mol. The molecule has 0 fully saturated rings. The first-order valence-electron chi connectivity index (χ1n) is 8.57. The maximum Gasteiger partial charge on any atom is 0.243 e. The highest BCUT2D eigenvalue weighted by Crippen LogP contribution is 2.19. The number of H-pyrrole nitrogens is 1. The number of aryl methyl sites for hydroxylation is 1. The van der Waals surface area contributed by atoms with E-state index in [1.54, 1.807) is 30.6 Å². The van der Waals surface area contributed by atoms with Gasteiger partial charge in [-0.2, -0.15) is 0 Å². The molecule has 8 nitrogen and oxygen atoms in total. The van der Waals surface area contributed by atoms with Crippen molar-refractivity contribution in [3.05, 3.63) is 47.5 Å². The second-order valence-corrected chi connectivity index (χ2v) is 8.03. The summed E-state index contributed by atoms with van der Waals surface area (Å²) in [6.07, 6.45) is 2.91. The predicted octanol–water partition coefficient (Wildman–Crippen LogP) is 0.390. The number of carbonyl (C=O) groups excluding carboxylic acids is 1. The molecule has 2 heterocycles. The maximum absolute atomic E-state index is 12.3. The number of aromatic amines is 1. The normalized spacial score (nSPS) is 16.9. The van der Waals surface area contributed by atoms with Crippen LogP contribution in [-0.2, 0) is 21.2 Å². The van der Waals surface area contributed by atoms with Gasteiger partial charge in [-0.05, 0) is 25.5 Å². The molecular weight excluding hydrogens is 354 g/mol. The minimum absolute atomic E-state index is 0.153. The molecule has 26 heavy (non-hydrogen) atoms. The Morgan fingerprint density at radius 2 is 2.04 bits per heavy atom. The van der Waals surface area contributed by atoms with Crippen molar-refractivity contribution in [2.24, 2.45) is 0 Å². The number of sulfonamides is 1. The number of hydrogen-bond donors (Lipinski definition) is 4. The standard InChI is InChI=1S/C17H23N5O3S/c1-12-3-5-13(6-4-12)26(24,25)22-9-2-8-19-17(23)16-15-14(7-10-18-16)20-11-21-15/h3-6,11,16,18,22H,2,7-10H2,1H3,(H,19,23)(H,20,21). The first kappa shape index (κ1) is 18.6. The van der Waals surface area contributed by atoms with Crippen LogP contribution in [0, 0.1) is 6.92 Å². The van der Waals surface area contributed by atoms with Crippen molar-refractivity contribution in [1.29, 1.82) is 0 Å². The highest BCUT2D eigenvalue weighted by Gasteiger charge is 2.27. The minimum Gasteiger partial charge on any atom is -0.354 e. The summed E-state index contributed by atoms with van der Waals surface area (Å²) in [6, 6.07) is 6.21. The second-order valence-electron chi connectivity index (χ2n) is 6.26. The van der Waals surface area contributed by atoms with Crippen molar-refractivity contribution in [2.45, 2.75) is 30.7 Å². The van der Waals surface area contributed by atoms with Crippen LogP contribution in [0.4, 0.5) is 0 Å². The molecule has 4 N–H and O–H groups in total. The zero-order valence-corrected chi connectivity index (χ0v) is 15.4. The van der Waals surface area contributed by atoms with Crippen molar-refractivity contribution >= 4 is 15.9 Å². The summed E-state index contributed by atoms with van der Waals surface area (Å²) in [4.78, 5) is 19.8. The van der Waals surface area contributed by atoms with Gasteiger partial charge < -0.3 is 15.6 Å². The van der Waals surface area contributed by atoms with E-state index in [1.807, 2.05) is 6.92 Å². The molecule has 140 valence electrons. The lowest BCUT2D eigenvalue weighted by Crippen LogP contribution is -2.42. The van der Waals surface area contributed by atoms with Crippen molar-refractivity contribution in [3.8, 4) is 0 Å². The van der Waals surface area contributed by atoms with Gasteiger partial charge in [0, 0.05) is 31.7 Å². The SMILES string of the molecule is Cc1ccc(S(=O)(=O)NCCCNC(=O)C2NCCc3[nH]cnc32)cc1. The number of benzene rings is 1. The van der Waals surface area contributed by atoms with E-state index in [9.17, 15) is 13.2 Å². The van der Waals surface area contributed by atoms with E-state index in [0.29, 0.717) is 19.5 Å². The molecule has 1 aromatic heterocycles. The lowest BCUT2D eigenvalue weighted by Gasteiger charge is -2.22. The number of rotatable bonds is 7. The summed E-state index contributed by atoms with van der Waals surface area (Å²) < 4.78 is 26.9. The Balaban J connectivity index is 1.43. The summed E-state index contributed by atoms with van der Waals surface area (Å²) in [5.41, 5.74) is 2.71. The number of carbonyl (C=O) groups is 1. The number of hydrogen-bond acceptors (Lipinski definition) is 5. The van der Waals surface area contributed by atoms with Crippen molar-refractivity contribution in [2.75, 3.05) is 19.6 Å². The fraction of sp³-hybridized carbons (Fsp3) is 0.412. The third kappa shape index (κ3) is 4.29. The molecule has 9 heteroatoms. The monoisotopic (exact) mass is 377 g/mol. The Morgan fingerprint density at radius 1 is 1.27 bits per heavy atom. The van der Waals surface area contributed by atoms with E-state index in [0.717, 1.165) is 23.4 Å². The number of fused-ring (bicyclic) bond motifs is 1. The van der Waals surface area contributed by atoms with Crippen molar-refractivity contribution in [1.82, 2.24) is 25.3 Å². The summed E-state index contributed by atoms with van der Waals surface area (Å²) >= 11 is 0. The highest BCUT2D eigenvalue weighted by atomic mass is 32.2. The second kappa shape index (κ2) is 7.98. The van der Waals surface area contributed by atoms with E-state index < -0.39 is 16.1 Å². The number of nitrogens with one attached hydrogen (secondary N) is 4. The Bertz CT molecular complexity index is 861. The Hall–Kier alpha value is -2.23. The van der Waals surface area contributed by atoms with Gasteiger partial charge in [-0.25, -0.2) is 18.1 Å². The van der Waals surface area contributed by atoms with Crippen molar-refractivity contribution < 1.29 is 13.2 Å². The minimum atomic E-state index is -3.52. The molecule has 0 saturated carbocycles. The largest absolute Gasteiger partial charge is 0.354 e. The highest BCUT2D eigenvalue weighted by molar-refractivity contribution is 7.89. The van der Waals surface area contributed by atoms with Gasteiger partial charge in [0.15, 0.2) is 0 Å². The molecule has 0 bridgehead atoms. The van der Waals surface area contributed by atoms with Gasteiger partial charge in [-0.3, -0.25) is 4.79 Å². The van der Waals surface area contributed by atoms with Crippen molar-refractivity contribution in [3.63, 3.8) is 0 Å². The third-order valence-electron chi connectivity index (χ3n) is 4.29. The van der Waals surface area contributed by atoms with Crippen LogP contribution in [0.15, 0.2) is 35.5 Å². The number of amides is 1.